The number of halogens is 12. The third kappa shape index (κ3) is 2.22. The van der Waals surface area contributed by atoms with Gasteiger partial charge in [0.2, 0.25) is 0 Å². The second-order valence-electron chi connectivity index (χ2n) is 5.95. The molecule has 14 heteroatoms. The van der Waals surface area contributed by atoms with Crippen LogP contribution in [0.1, 0.15) is 5.56 Å². The van der Waals surface area contributed by atoms with E-state index in [1.165, 1.54) is 0 Å². The molecule has 1 saturated carbocycles. The van der Waals surface area contributed by atoms with Crippen LogP contribution in [0.5, 0.6) is 0 Å². The molecule has 1 aromatic rings. The summed E-state index contributed by atoms with van der Waals surface area (Å²) in [4.78, 5) is 11.6. The van der Waals surface area contributed by atoms with E-state index in [9.17, 15) is 57.5 Å². The van der Waals surface area contributed by atoms with Crippen molar-refractivity contribution in [3.8, 4) is 0 Å². The molecule has 0 bridgehead atoms. The minimum Gasteiger partial charge on any atom is -0.323 e. The summed E-state index contributed by atoms with van der Waals surface area (Å²) in [5, 5.41) is 0.809. The molecule has 0 radical (unpaired) electrons. The van der Waals surface area contributed by atoms with Gasteiger partial charge in [-0.1, -0.05) is 6.07 Å². The van der Waals surface area contributed by atoms with E-state index in [1.54, 1.807) is 0 Å². The first-order valence-corrected chi connectivity index (χ1v) is 6.96. The molecule has 0 heterocycles. The quantitative estimate of drug-likeness (QED) is 0.656. The van der Waals surface area contributed by atoms with Crippen molar-refractivity contribution in [2.24, 2.45) is 0 Å². The molecule has 1 aliphatic carbocycles. The van der Waals surface area contributed by atoms with Crippen molar-refractivity contribution in [3.63, 3.8) is 0 Å². The smallest absolute Gasteiger partial charge is 0.323 e. The molecule has 0 atom stereocenters. The zero-order valence-corrected chi connectivity index (χ0v) is 13.2. The third-order valence-electron chi connectivity index (χ3n) is 4.19. The fourth-order valence-corrected chi connectivity index (χ4v) is 2.39. The molecule has 0 unspecified atom stereocenters. The average molecular weight is 433 g/mol. The summed E-state index contributed by atoms with van der Waals surface area (Å²) < 4.78 is 162. The summed E-state index contributed by atoms with van der Waals surface area (Å²) in [6.07, 6.45) is 0. The van der Waals surface area contributed by atoms with Crippen LogP contribution in [-0.4, -0.2) is 41.2 Å². The van der Waals surface area contributed by atoms with Gasteiger partial charge >= 0.3 is 35.3 Å². The predicted octanol–water partition coefficient (Wildman–Crippen LogP) is 4.97. The van der Waals surface area contributed by atoms with Crippen molar-refractivity contribution >= 4 is 11.6 Å². The predicted molar refractivity (Wildman–Crippen MR) is 68.3 cm³/mol. The van der Waals surface area contributed by atoms with E-state index in [0.29, 0.717) is 6.07 Å². The fraction of sp³-hybridized carbons (Fsp3) is 0.500. The first kappa shape index (κ1) is 22.1. The lowest BCUT2D eigenvalue weighted by Gasteiger charge is -2.51. The lowest BCUT2D eigenvalue weighted by Crippen LogP contribution is -2.86. The van der Waals surface area contributed by atoms with Gasteiger partial charge in [-0.05, 0) is 24.6 Å². The zero-order valence-electron chi connectivity index (χ0n) is 13.2. The van der Waals surface area contributed by atoms with Crippen LogP contribution >= 0.6 is 0 Å². The van der Waals surface area contributed by atoms with Gasteiger partial charge in [0, 0.05) is 5.69 Å². The maximum atomic E-state index is 14.4. The number of benzene rings is 1. The number of alkyl halides is 11. The van der Waals surface area contributed by atoms with Crippen molar-refractivity contribution < 1.29 is 57.5 Å². The number of rotatable bonds is 2. The number of carbonyl (C=O) groups is 1. The van der Waals surface area contributed by atoms with Gasteiger partial charge in [0.05, 0.1) is 0 Å². The van der Waals surface area contributed by atoms with Crippen LogP contribution in [0.4, 0.5) is 58.4 Å². The second kappa shape index (κ2) is 5.69. The summed E-state index contributed by atoms with van der Waals surface area (Å²) in [6, 6.07) is 1.63. The molecular formula is C14H7F12NO. The van der Waals surface area contributed by atoms with Gasteiger partial charge < -0.3 is 5.32 Å². The van der Waals surface area contributed by atoms with Gasteiger partial charge in [0.15, 0.2) is 0 Å². The Labute approximate surface area is 147 Å². The monoisotopic (exact) mass is 433 g/mol. The molecule has 0 aliphatic heterocycles. The average Bonchev–Trinajstić information content (AvgIpc) is 2.55. The number of hydrogen-bond acceptors (Lipinski definition) is 1. The molecule has 0 spiro atoms. The number of hydrogen-bond donors (Lipinski definition) is 1. The molecule has 2 nitrogen and oxygen atoms in total. The van der Waals surface area contributed by atoms with Crippen LogP contribution in [0.15, 0.2) is 18.2 Å². The molecule has 1 fully saturated rings. The van der Waals surface area contributed by atoms with E-state index in [1.807, 2.05) is 0 Å². The minimum absolute atomic E-state index is 0.154. The Hall–Kier alpha value is -2.15. The number of aryl methyl sites for hydroxylation is 1. The Balaban J connectivity index is 2.67. The number of carbonyl (C=O) groups excluding carboxylic acids is 1. The number of nitrogens with one attached hydrogen (secondary N) is 1. The molecule has 1 aromatic carbocycles. The van der Waals surface area contributed by atoms with E-state index in [0.717, 1.165) is 18.3 Å². The molecule has 1 amide bonds. The largest absolute Gasteiger partial charge is 0.384 e. The lowest BCUT2D eigenvalue weighted by atomic mass is 9.71. The summed E-state index contributed by atoms with van der Waals surface area (Å²) in [7, 11) is 0. The van der Waals surface area contributed by atoms with Gasteiger partial charge in [-0.3, -0.25) is 4.79 Å². The molecule has 1 N–H and O–H groups in total. The standard InChI is InChI=1S/C14H7F12NO/c1-5-2-3-6(4-7(5)15)27-8(28)9(16)10(17,18)12(21,22)14(25,26)13(23,24)11(9,19)20/h2-4H,1H3,(H,27,28). The molecule has 2 rings (SSSR count). The highest BCUT2D eigenvalue weighted by Gasteiger charge is 3.02. The van der Waals surface area contributed by atoms with Crippen molar-refractivity contribution in [2.45, 2.75) is 42.2 Å². The van der Waals surface area contributed by atoms with Crippen LogP contribution in [0.2, 0.25) is 0 Å². The Bertz CT molecular complexity index is 789. The molecule has 158 valence electrons. The molecule has 28 heavy (non-hydrogen) atoms. The summed E-state index contributed by atoms with van der Waals surface area (Å²) in [5.41, 5.74) is -8.05. The summed E-state index contributed by atoms with van der Waals surface area (Å²) in [6.45, 7) is 1.13. The minimum atomic E-state index is -7.42. The highest BCUT2D eigenvalue weighted by molar-refractivity contribution is 5.99. The van der Waals surface area contributed by atoms with Gasteiger partial charge in [0.25, 0.3) is 5.91 Å². The van der Waals surface area contributed by atoms with Gasteiger partial charge in [-0.15, -0.1) is 0 Å². The highest BCUT2D eigenvalue weighted by Crippen LogP contribution is 2.69. The third-order valence-corrected chi connectivity index (χ3v) is 4.19. The van der Waals surface area contributed by atoms with Gasteiger partial charge in [-0.2, -0.15) is 43.9 Å². The Morgan fingerprint density at radius 1 is 0.750 bits per heavy atom. The van der Waals surface area contributed by atoms with E-state index in [-0.39, 0.29) is 11.6 Å². The zero-order chi connectivity index (χ0) is 22.1. The molecule has 1 aliphatic rings. The number of anilines is 1. The second-order valence-corrected chi connectivity index (χ2v) is 5.95. The maximum Gasteiger partial charge on any atom is 0.384 e. The van der Waals surface area contributed by atoms with Crippen LogP contribution in [-0.2, 0) is 4.79 Å². The highest BCUT2D eigenvalue weighted by atomic mass is 19.4. The summed E-state index contributed by atoms with van der Waals surface area (Å²) >= 11 is 0. The Morgan fingerprint density at radius 2 is 1.14 bits per heavy atom. The van der Waals surface area contributed by atoms with E-state index >= 15 is 0 Å². The topological polar surface area (TPSA) is 29.1 Å². The Kier molecular flexibility index (Phi) is 4.50. The molecule has 0 saturated heterocycles. The first-order valence-electron chi connectivity index (χ1n) is 6.96. The van der Waals surface area contributed by atoms with Gasteiger partial charge in [-0.25, -0.2) is 8.78 Å². The van der Waals surface area contributed by atoms with Crippen molar-refractivity contribution in [1.82, 2.24) is 0 Å². The molecular weight excluding hydrogens is 426 g/mol. The summed E-state index contributed by atoms with van der Waals surface area (Å²) in [5.74, 6) is -41.5. The van der Waals surface area contributed by atoms with E-state index in [4.69, 9.17) is 0 Å². The van der Waals surface area contributed by atoms with Crippen LogP contribution in [0.3, 0.4) is 0 Å². The van der Waals surface area contributed by atoms with Crippen LogP contribution < -0.4 is 5.32 Å². The van der Waals surface area contributed by atoms with Crippen molar-refractivity contribution in [2.75, 3.05) is 5.32 Å². The van der Waals surface area contributed by atoms with E-state index < -0.39 is 52.7 Å². The van der Waals surface area contributed by atoms with Crippen LogP contribution in [0, 0.1) is 12.7 Å². The fourth-order valence-electron chi connectivity index (χ4n) is 2.39. The van der Waals surface area contributed by atoms with Gasteiger partial charge in [0.1, 0.15) is 5.82 Å². The normalized spacial score (nSPS) is 25.8. The van der Waals surface area contributed by atoms with Crippen LogP contribution in [0.25, 0.3) is 0 Å². The first-order chi connectivity index (χ1) is 12.3. The molecule has 0 aromatic heterocycles. The number of amides is 1. The van der Waals surface area contributed by atoms with Crippen molar-refractivity contribution in [1.29, 1.82) is 0 Å². The lowest BCUT2D eigenvalue weighted by molar-refractivity contribution is -0.475. The van der Waals surface area contributed by atoms with E-state index in [2.05, 4.69) is 0 Å². The SMILES string of the molecule is Cc1ccc(NC(=O)C2(F)C(F)(F)C(F)(F)C(F)(F)C(F)(F)C2(F)F)cc1F. The van der Waals surface area contributed by atoms with Crippen molar-refractivity contribution in [3.05, 3.63) is 29.6 Å². The Morgan fingerprint density at radius 3 is 1.54 bits per heavy atom. The maximum absolute atomic E-state index is 14.4.